The predicted octanol–water partition coefficient (Wildman–Crippen LogP) is 4.47. The third-order valence-electron chi connectivity index (χ3n) is 5.67. The summed E-state index contributed by atoms with van der Waals surface area (Å²) in [4.78, 5) is 32.7. The number of imidazole rings is 1. The Labute approximate surface area is 187 Å². The number of amides is 1. The lowest BCUT2D eigenvalue weighted by Gasteiger charge is -2.11. The molecule has 0 bridgehead atoms. The summed E-state index contributed by atoms with van der Waals surface area (Å²) in [6.07, 6.45) is 4.00. The van der Waals surface area contributed by atoms with Crippen molar-refractivity contribution in [1.29, 1.82) is 0 Å². The highest BCUT2D eigenvalue weighted by atomic mass is 35.5. The molecule has 1 amide bonds. The Morgan fingerprint density at radius 2 is 1.84 bits per heavy atom. The van der Waals surface area contributed by atoms with E-state index >= 15 is 0 Å². The first-order chi connectivity index (χ1) is 15.5. The van der Waals surface area contributed by atoms with Crippen LogP contribution in [0.3, 0.4) is 0 Å². The number of hydrogen-bond acceptors (Lipinski definition) is 4. The Morgan fingerprint density at radius 1 is 1.03 bits per heavy atom. The molecule has 0 aliphatic rings. The van der Waals surface area contributed by atoms with Crippen LogP contribution in [0.1, 0.15) is 5.56 Å². The van der Waals surface area contributed by atoms with Crippen LogP contribution >= 0.6 is 11.6 Å². The highest BCUT2D eigenvalue weighted by molar-refractivity contribution is 6.31. The maximum Gasteiger partial charge on any atom is 0.333 e. The summed E-state index contributed by atoms with van der Waals surface area (Å²) in [7, 11) is 1.74. The fourth-order valence-corrected chi connectivity index (χ4v) is 4.12. The molecule has 5 aromatic rings. The Morgan fingerprint density at radius 3 is 2.59 bits per heavy atom. The normalized spacial score (nSPS) is 11.2. The summed E-state index contributed by atoms with van der Waals surface area (Å²) in [6.45, 7) is 1.90. The number of pyridine rings is 2. The average molecular weight is 444 g/mol. The van der Waals surface area contributed by atoms with E-state index in [4.69, 9.17) is 11.6 Å². The summed E-state index contributed by atoms with van der Waals surface area (Å²) in [5.41, 5.74) is 5.45. The lowest BCUT2D eigenvalue weighted by atomic mass is 10.0. The van der Waals surface area contributed by atoms with Crippen LogP contribution < -0.4 is 11.0 Å². The lowest BCUT2D eigenvalue weighted by Crippen LogP contribution is -2.21. The first-order valence-corrected chi connectivity index (χ1v) is 10.3. The molecule has 2 aromatic carbocycles. The van der Waals surface area contributed by atoms with E-state index in [2.05, 4.69) is 15.3 Å². The maximum atomic E-state index is 13.3. The molecule has 158 valence electrons. The van der Waals surface area contributed by atoms with Crippen LogP contribution in [0.25, 0.3) is 38.8 Å². The van der Waals surface area contributed by atoms with Crippen LogP contribution in [0.4, 0.5) is 5.82 Å². The molecule has 5 rings (SSSR count). The molecular formula is C24H18ClN5O2. The van der Waals surface area contributed by atoms with Gasteiger partial charge in [0.05, 0.1) is 28.4 Å². The van der Waals surface area contributed by atoms with Gasteiger partial charge < -0.3 is 5.32 Å². The minimum absolute atomic E-state index is 0.170. The van der Waals surface area contributed by atoms with E-state index in [9.17, 15) is 9.59 Å². The molecule has 0 saturated carbocycles. The van der Waals surface area contributed by atoms with Crippen molar-refractivity contribution in [3.63, 3.8) is 0 Å². The van der Waals surface area contributed by atoms with Crippen LogP contribution in [-0.4, -0.2) is 25.5 Å². The van der Waals surface area contributed by atoms with Gasteiger partial charge in [0.25, 0.3) is 0 Å². The molecule has 8 heteroatoms. The summed E-state index contributed by atoms with van der Waals surface area (Å²) < 4.78 is 3.29. The first kappa shape index (κ1) is 20.0. The molecule has 7 nitrogen and oxygen atoms in total. The molecule has 0 spiro atoms. The van der Waals surface area contributed by atoms with Gasteiger partial charge in [-0.2, -0.15) is 0 Å². The zero-order chi connectivity index (χ0) is 22.4. The number of halogens is 1. The third-order valence-corrected chi connectivity index (χ3v) is 6.08. The second-order valence-electron chi connectivity index (χ2n) is 7.48. The monoisotopic (exact) mass is 443 g/mol. The maximum absolute atomic E-state index is 13.3. The van der Waals surface area contributed by atoms with Crippen LogP contribution in [0.5, 0.6) is 0 Å². The average Bonchev–Trinajstić information content (AvgIpc) is 3.06. The van der Waals surface area contributed by atoms with Crippen LogP contribution in [0.2, 0.25) is 5.02 Å². The zero-order valence-electron chi connectivity index (χ0n) is 17.3. The number of hydrogen-bond donors (Lipinski definition) is 1. The molecule has 32 heavy (non-hydrogen) atoms. The number of fused-ring (bicyclic) bond motifs is 3. The standard InChI is InChI=1S/C24H18ClN5O2/c1-14-18(25)4-3-5-20(14)30-23-17-10-15(16-7-9-22(27-11-16)28-13-31)6-8-19(17)26-12-21(23)29(2)24(30)32/h3-13H,1-2H3,(H,27,28,31). The van der Waals surface area contributed by atoms with Gasteiger partial charge in [0.1, 0.15) is 5.82 Å². The smallest absolute Gasteiger partial charge is 0.313 e. The third kappa shape index (κ3) is 3.06. The summed E-state index contributed by atoms with van der Waals surface area (Å²) in [6, 6.07) is 15.0. The Hall–Kier alpha value is -3.97. The molecule has 0 atom stereocenters. The summed E-state index contributed by atoms with van der Waals surface area (Å²) in [5.74, 6) is 0.474. The van der Waals surface area contributed by atoms with Gasteiger partial charge in [0.15, 0.2) is 0 Å². The number of rotatable bonds is 4. The van der Waals surface area contributed by atoms with Gasteiger partial charge in [0, 0.05) is 29.2 Å². The highest BCUT2D eigenvalue weighted by Crippen LogP contribution is 2.31. The van der Waals surface area contributed by atoms with Crippen LogP contribution in [0, 0.1) is 6.92 Å². The van der Waals surface area contributed by atoms with E-state index in [0.29, 0.717) is 17.3 Å². The van der Waals surface area contributed by atoms with Gasteiger partial charge in [-0.3, -0.25) is 18.9 Å². The molecule has 0 fully saturated rings. The van der Waals surface area contributed by atoms with Gasteiger partial charge in [-0.15, -0.1) is 0 Å². The molecule has 0 aliphatic carbocycles. The number of carbonyl (C=O) groups is 1. The minimum Gasteiger partial charge on any atom is -0.313 e. The van der Waals surface area contributed by atoms with Gasteiger partial charge in [-0.05, 0) is 54.4 Å². The SMILES string of the molecule is Cc1c(Cl)cccc1-n1c(=O)n(C)c2cnc3ccc(-c4ccc(NC=O)nc4)cc3c21. The predicted molar refractivity (Wildman–Crippen MR) is 126 cm³/mol. The fourth-order valence-electron chi connectivity index (χ4n) is 3.95. The largest absolute Gasteiger partial charge is 0.333 e. The number of benzene rings is 2. The second kappa shape index (κ2) is 7.62. The quantitative estimate of drug-likeness (QED) is 0.415. The van der Waals surface area contributed by atoms with Gasteiger partial charge in [-0.25, -0.2) is 9.78 Å². The Balaban J connectivity index is 1.81. The molecule has 0 radical (unpaired) electrons. The van der Waals surface area contributed by atoms with Gasteiger partial charge in [-0.1, -0.05) is 23.7 Å². The molecule has 1 N–H and O–H groups in total. The van der Waals surface area contributed by atoms with E-state index in [0.717, 1.165) is 44.3 Å². The van der Waals surface area contributed by atoms with Crippen molar-refractivity contribution in [2.45, 2.75) is 6.92 Å². The molecular weight excluding hydrogens is 426 g/mol. The van der Waals surface area contributed by atoms with E-state index in [1.165, 1.54) is 0 Å². The van der Waals surface area contributed by atoms with Gasteiger partial charge in [0.2, 0.25) is 6.41 Å². The summed E-state index contributed by atoms with van der Waals surface area (Å²) >= 11 is 6.36. The van der Waals surface area contributed by atoms with Gasteiger partial charge >= 0.3 is 5.69 Å². The lowest BCUT2D eigenvalue weighted by molar-refractivity contribution is -0.105. The fraction of sp³-hybridized carbons (Fsp3) is 0.0833. The van der Waals surface area contributed by atoms with E-state index in [-0.39, 0.29) is 5.69 Å². The molecule has 0 aliphatic heterocycles. The van der Waals surface area contributed by atoms with Crippen molar-refractivity contribution in [1.82, 2.24) is 19.1 Å². The Kier molecular flexibility index (Phi) is 4.75. The van der Waals surface area contributed by atoms with Crippen LogP contribution in [0.15, 0.2) is 65.7 Å². The zero-order valence-corrected chi connectivity index (χ0v) is 18.1. The second-order valence-corrected chi connectivity index (χ2v) is 7.89. The minimum atomic E-state index is -0.170. The Bertz CT molecular complexity index is 1570. The first-order valence-electron chi connectivity index (χ1n) is 9.92. The van der Waals surface area contributed by atoms with Crippen molar-refractivity contribution in [2.24, 2.45) is 7.05 Å². The summed E-state index contributed by atoms with van der Waals surface area (Å²) in [5, 5.41) is 3.97. The van der Waals surface area contributed by atoms with Crippen molar-refractivity contribution >= 4 is 45.8 Å². The topological polar surface area (TPSA) is 81.8 Å². The van der Waals surface area contributed by atoms with E-state index < -0.39 is 0 Å². The number of aromatic nitrogens is 4. The molecule has 3 heterocycles. The van der Waals surface area contributed by atoms with Crippen molar-refractivity contribution in [3.05, 3.63) is 82.0 Å². The highest BCUT2D eigenvalue weighted by Gasteiger charge is 2.18. The molecule has 0 saturated heterocycles. The van der Waals surface area contributed by atoms with E-state index in [1.807, 2.05) is 49.4 Å². The number of nitrogens with one attached hydrogen (secondary N) is 1. The van der Waals surface area contributed by atoms with Crippen molar-refractivity contribution in [3.8, 4) is 16.8 Å². The number of aryl methyl sites for hydroxylation is 1. The number of carbonyl (C=O) groups excluding carboxylic acids is 1. The number of nitrogens with zero attached hydrogens (tertiary/aromatic N) is 4. The van der Waals surface area contributed by atoms with E-state index in [1.54, 1.807) is 34.6 Å². The molecule has 3 aromatic heterocycles. The van der Waals surface area contributed by atoms with Crippen molar-refractivity contribution < 1.29 is 4.79 Å². The van der Waals surface area contributed by atoms with Crippen molar-refractivity contribution in [2.75, 3.05) is 5.32 Å². The number of anilines is 1. The van der Waals surface area contributed by atoms with Crippen LogP contribution in [-0.2, 0) is 11.8 Å². The molecule has 0 unspecified atom stereocenters.